The van der Waals surface area contributed by atoms with Crippen LogP contribution in [0.4, 0.5) is 0 Å². The van der Waals surface area contributed by atoms with Crippen molar-refractivity contribution in [2.75, 3.05) is 6.61 Å². The molecule has 118 valence electrons. The fourth-order valence-corrected chi connectivity index (χ4v) is 2.29. The van der Waals surface area contributed by atoms with Crippen molar-refractivity contribution in [1.82, 2.24) is 0 Å². The van der Waals surface area contributed by atoms with E-state index in [2.05, 4.69) is 6.92 Å². The standard InChI is InChI=1S/C18H29NO2/c1-2-3-4-5-6-7-11-14-21-18(20)17(19)15-16-12-9-8-10-13-16/h8-10,12-13,17H,2-7,11,14-15,19H2,1H3/t17-/m0/s1. The number of carbonyl (C=O) groups is 1. The largest absolute Gasteiger partial charge is 0.465 e. The Hall–Kier alpha value is -1.35. The first-order valence-electron chi connectivity index (χ1n) is 8.20. The highest BCUT2D eigenvalue weighted by atomic mass is 16.5. The molecule has 0 heterocycles. The predicted octanol–water partition coefficient (Wildman–Crippen LogP) is 3.85. The van der Waals surface area contributed by atoms with Crippen LogP contribution in [0.1, 0.15) is 57.4 Å². The van der Waals surface area contributed by atoms with Gasteiger partial charge in [-0.15, -0.1) is 0 Å². The highest BCUT2D eigenvalue weighted by Gasteiger charge is 2.15. The molecule has 0 bridgehead atoms. The lowest BCUT2D eigenvalue weighted by molar-refractivity contribution is -0.145. The van der Waals surface area contributed by atoms with E-state index in [-0.39, 0.29) is 5.97 Å². The Morgan fingerprint density at radius 2 is 1.67 bits per heavy atom. The quantitative estimate of drug-likeness (QED) is 0.497. The van der Waals surface area contributed by atoms with E-state index in [0.29, 0.717) is 13.0 Å². The highest BCUT2D eigenvalue weighted by molar-refractivity contribution is 5.75. The van der Waals surface area contributed by atoms with Crippen molar-refractivity contribution in [1.29, 1.82) is 0 Å². The Kier molecular flexibility index (Phi) is 9.55. The molecule has 1 atom stereocenters. The second kappa shape index (κ2) is 11.3. The molecule has 21 heavy (non-hydrogen) atoms. The van der Waals surface area contributed by atoms with Gasteiger partial charge in [0.25, 0.3) is 0 Å². The zero-order valence-electron chi connectivity index (χ0n) is 13.2. The molecule has 1 aromatic rings. The summed E-state index contributed by atoms with van der Waals surface area (Å²) in [4.78, 5) is 11.8. The first-order chi connectivity index (χ1) is 10.2. The van der Waals surface area contributed by atoms with Crippen molar-refractivity contribution in [3.63, 3.8) is 0 Å². The van der Waals surface area contributed by atoms with E-state index in [1.165, 1.54) is 32.1 Å². The number of nitrogens with two attached hydrogens (primary N) is 1. The Labute approximate surface area is 128 Å². The van der Waals surface area contributed by atoms with Crippen molar-refractivity contribution >= 4 is 5.97 Å². The first-order valence-corrected chi connectivity index (χ1v) is 8.20. The van der Waals surface area contributed by atoms with Gasteiger partial charge in [0.1, 0.15) is 6.04 Å². The van der Waals surface area contributed by atoms with Crippen LogP contribution >= 0.6 is 0 Å². The van der Waals surface area contributed by atoms with Gasteiger partial charge >= 0.3 is 5.97 Å². The number of rotatable bonds is 11. The summed E-state index contributed by atoms with van der Waals surface area (Å²) < 4.78 is 5.24. The first kappa shape index (κ1) is 17.7. The Balaban J connectivity index is 2.05. The number of carbonyl (C=O) groups excluding carboxylic acids is 1. The lowest BCUT2D eigenvalue weighted by Gasteiger charge is -2.11. The van der Waals surface area contributed by atoms with Crippen LogP contribution in [-0.4, -0.2) is 18.6 Å². The van der Waals surface area contributed by atoms with Crippen LogP contribution < -0.4 is 5.73 Å². The molecule has 2 N–H and O–H groups in total. The average Bonchev–Trinajstić information content (AvgIpc) is 2.50. The van der Waals surface area contributed by atoms with E-state index < -0.39 is 6.04 Å². The summed E-state index contributed by atoms with van der Waals surface area (Å²) in [6.07, 6.45) is 9.04. The molecule has 0 unspecified atom stereocenters. The zero-order chi connectivity index (χ0) is 15.3. The number of esters is 1. The van der Waals surface area contributed by atoms with Crippen LogP contribution in [0.25, 0.3) is 0 Å². The molecule has 0 radical (unpaired) electrons. The van der Waals surface area contributed by atoms with Gasteiger partial charge in [-0.05, 0) is 18.4 Å². The Bertz CT molecular complexity index is 378. The SMILES string of the molecule is CCCCCCCCCOC(=O)[C@@H](N)Cc1ccccc1. The Morgan fingerprint density at radius 1 is 1.05 bits per heavy atom. The van der Waals surface area contributed by atoms with E-state index in [1.807, 2.05) is 30.3 Å². The second-order valence-electron chi connectivity index (χ2n) is 5.59. The molecule has 0 aliphatic heterocycles. The molecule has 3 nitrogen and oxygen atoms in total. The van der Waals surface area contributed by atoms with Gasteiger partial charge in [-0.25, -0.2) is 0 Å². The van der Waals surface area contributed by atoms with Crippen LogP contribution in [-0.2, 0) is 16.0 Å². The van der Waals surface area contributed by atoms with Gasteiger partial charge in [-0.3, -0.25) is 4.79 Å². The zero-order valence-corrected chi connectivity index (χ0v) is 13.2. The van der Waals surface area contributed by atoms with Crippen LogP contribution in [0, 0.1) is 0 Å². The Morgan fingerprint density at radius 3 is 2.33 bits per heavy atom. The van der Waals surface area contributed by atoms with Crippen LogP contribution in [0.15, 0.2) is 30.3 Å². The summed E-state index contributed by atoms with van der Waals surface area (Å²) in [6, 6.07) is 9.25. The molecular weight excluding hydrogens is 262 g/mol. The minimum Gasteiger partial charge on any atom is -0.465 e. The molecule has 0 aromatic heterocycles. The monoisotopic (exact) mass is 291 g/mol. The van der Waals surface area contributed by atoms with Gasteiger partial charge < -0.3 is 10.5 Å². The minimum atomic E-state index is -0.558. The third-order valence-electron chi connectivity index (χ3n) is 3.59. The normalized spacial score (nSPS) is 12.1. The molecular formula is C18H29NO2. The second-order valence-corrected chi connectivity index (χ2v) is 5.59. The molecule has 1 aromatic carbocycles. The van der Waals surface area contributed by atoms with Crippen molar-refractivity contribution in [2.24, 2.45) is 5.73 Å². The number of benzene rings is 1. The van der Waals surface area contributed by atoms with Gasteiger partial charge in [0.15, 0.2) is 0 Å². The molecule has 3 heteroatoms. The summed E-state index contributed by atoms with van der Waals surface area (Å²) in [5.74, 6) is -0.287. The maximum absolute atomic E-state index is 11.8. The van der Waals surface area contributed by atoms with E-state index in [9.17, 15) is 4.79 Å². The molecule has 0 saturated heterocycles. The molecule has 0 saturated carbocycles. The number of hydrogen-bond acceptors (Lipinski definition) is 3. The van der Waals surface area contributed by atoms with Gasteiger partial charge in [0.05, 0.1) is 6.61 Å². The lowest BCUT2D eigenvalue weighted by Crippen LogP contribution is -2.34. The smallest absolute Gasteiger partial charge is 0.323 e. The van der Waals surface area contributed by atoms with Crippen LogP contribution in [0.2, 0.25) is 0 Å². The molecule has 0 aliphatic rings. The van der Waals surface area contributed by atoms with Gasteiger partial charge in [0, 0.05) is 0 Å². The van der Waals surface area contributed by atoms with Gasteiger partial charge in [0.2, 0.25) is 0 Å². The third kappa shape index (κ3) is 8.51. The minimum absolute atomic E-state index is 0.287. The number of ether oxygens (including phenoxy) is 1. The van der Waals surface area contributed by atoms with E-state index in [0.717, 1.165) is 18.4 Å². The summed E-state index contributed by atoms with van der Waals surface area (Å²) in [5.41, 5.74) is 6.94. The van der Waals surface area contributed by atoms with E-state index in [1.54, 1.807) is 0 Å². The maximum atomic E-state index is 11.8. The molecule has 0 aliphatic carbocycles. The molecule has 0 amide bonds. The molecule has 1 rings (SSSR count). The van der Waals surface area contributed by atoms with Crippen molar-refractivity contribution in [3.05, 3.63) is 35.9 Å². The summed E-state index contributed by atoms with van der Waals surface area (Å²) in [6.45, 7) is 2.72. The summed E-state index contributed by atoms with van der Waals surface area (Å²) in [7, 11) is 0. The van der Waals surface area contributed by atoms with Crippen LogP contribution in [0.3, 0.4) is 0 Å². The average molecular weight is 291 g/mol. The molecule has 0 fully saturated rings. The van der Waals surface area contributed by atoms with Crippen molar-refractivity contribution < 1.29 is 9.53 Å². The maximum Gasteiger partial charge on any atom is 0.323 e. The molecule has 0 spiro atoms. The number of hydrogen-bond donors (Lipinski definition) is 1. The van der Waals surface area contributed by atoms with Crippen molar-refractivity contribution in [3.8, 4) is 0 Å². The predicted molar refractivity (Wildman–Crippen MR) is 87.1 cm³/mol. The number of unbranched alkanes of at least 4 members (excludes halogenated alkanes) is 6. The summed E-state index contributed by atoms with van der Waals surface area (Å²) >= 11 is 0. The fraction of sp³-hybridized carbons (Fsp3) is 0.611. The highest BCUT2D eigenvalue weighted by Crippen LogP contribution is 2.07. The van der Waals surface area contributed by atoms with Gasteiger partial charge in [-0.2, -0.15) is 0 Å². The van der Waals surface area contributed by atoms with Crippen molar-refractivity contribution in [2.45, 2.75) is 64.3 Å². The third-order valence-corrected chi connectivity index (χ3v) is 3.59. The lowest BCUT2D eigenvalue weighted by atomic mass is 10.1. The topological polar surface area (TPSA) is 52.3 Å². The van der Waals surface area contributed by atoms with Crippen LogP contribution in [0.5, 0.6) is 0 Å². The summed E-state index contributed by atoms with van der Waals surface area (Å²) in [5, 5.41) is 0. The van der Waals surface area contributed by atoms with E-state index >= 15 is 0 Å². The van der Waals surface area contributed by atoms with E-state index in [4.69, 9.17) is 10.5 Å². The van der Waals surface area contributed by atoms with Gasteiger partial charge in [-0.1, -0.05) is 75.8 Å². The fourth-order valence-electron chi connectivity index (χ4n) is 2.29.